The summed E-state index contributed by atoms with van der Waals surface area (Å²) in [6, 6.07) is 9.74. The molecule has 0 spiro atoms. The number of benzene rings is 2. The molecule has 3 rings (SSSR count). The Morgan fingerprint density at radius 3 is 2.77 bits per heavy atom. The molecule has 0 aliphatic heterocycles. The molecule has 0 aliphatic rings. The number of hydrogen-bond donors (Lipinski definition) is 2. The third kappa shape index (κ3) is 2.79. The number of H-pyrrole nitrogens is 1. The molecule has 0 fully saturated rings. The van der Waals surface area contributed by atoms with Gasteiger partial charge in [-0.15, -0.1) is 0 Å². The van der Waals surface area contributed by atoms with E-state index in [1.165, 1.54) is 19.2 Å². The number of aromatic nitrogens is 2. The van der Waals surface area contributed by atoms with Crippen molar-refractivity contribution in [3.05, 3.63) is 47.1 Å². The molecule has 0 saturated carbocycles. The highest BCUT2D eigenvalue weighted by Gasteiger charge is 2.16. The average Bonchev–Trinajstić information content (AvgIpc) is 2.94. The van der Waals surface area contributed by atoms with Crippen LogP contribution in [-0.2, 0) is 10.0 Å². The molecule has 0 atom stereocenters. The van der Waals surface area contributed by atoms with E-state index in [1.54, 1.807) is 30.5 Å². The zero-order valence-corrected chi connectivity index (χ0v) is 13.9. The number of rotatable bonds is 4. The van der Waals surface area contributed by atoms with Gasteiger partial charge in [0.15, 0.2) is 0 Å². The topological polar surface area (TPSA) is 84.1 Å². The first-order valence-corrected chi connectivity index (χ1v) is 8.57. The summed E-state index contributed by atoms with van der Waals surface area (Å²) in [6.45, 7) is 0. The van der Waals surface area contributed by atoms with Crippen LogP contribution in [0.15, 0.2) is 52.0 Å². The maximum Gasteiger partial charge on any atom is 0.261 e. The number of halogens is 1. The SMILES string of the molecule is COc1ccc(S(=O)(=O)Nc2ccc3[nH]ncc3c2)cc1Br. The van der Waals surface area contributed by atoms with Crippen LogP contribution >= 0.6 is 15.9 Å². The summed E-state index contributed by atoms with van der Waals surface area (Å²) in [5.41, 5.74) is 1.32. The lowest BCUT2D eigenvalue weighted by atomic mass is 10.2. The predicted octanol–water partition coefficient (Wildman–Crippen LogP) is 3.13. The zero-order valence-electron chi connectivity index (χ0n) is 11.5. The summed E-state index contributed by atoms with van der Waals surface area (Å²) in [5.74, 6) is 0.568. The molecule has 2 aromatic carbocycles. The second-order valence-electron chi connectivity index (χ2n) is 4.57. The molecule has 1 aromatic heterocycles. The van der Waals surface area contributed by atoms with Crippen molar-refractivity contribution < 1.29 is 13.2 Å². The first-order valence-electron chi connectivity index (χ1n) is 6.29. The van der Waals surface area contributed by atoms with Crippen LogP contribution in [0.25, 0.3) is 10.9 Å². The minimum Gasteiger partial charge on any atom is -0.496 e. The lowest BCUT2D eigenvalue weighted by Gasteiger charge is -2.10. The smallest absolute Gasteiger partial charge is 0.261 e. The Hall–Kier alpha value is -2.06. The fourth-order valence-corrected chi connectivity index (χ4v) is 3.80. The molecule has 0 radical (unpaired) electrons. The Morgan fingerprint density at radius 2 is 2.05 bits per heavy atom. The second-order valence-corrected chi connectivity index (χ2v) is 7.11. The molecule has 0 saturated heterocycles. The van der Waals surface area contributed by atoms with Crippen LogP contribution in [0.5, 0.6) is 5.75 Å². The first-order chi connectivity index (χ1) is 10.5. The van der Waals surface area contributed by atoms with Crippen LogP contribution in [0.1, 0.15) is 0 Å². The summed E-state index contributed by atoms with van der Waals surface area (Å²) in [7, 11) is -2.16. The number of anilines is 1. The van der Waals surface area contributed by atoms with Gasteiger partial charge in [-0.3, -0.25) is 9.82 Å². The normalized spacial score (nSPS) is 11.5. The van der Waals surface area contributed by atoms with E-state index in [0.717, 1.165) is 10.9 Å². The standard InChI is InChI=1S/C14H12BrN3O3S/c1-21-14-5-3-11(7-12(14)15)22(19,20)18-10-2-4-13-9(6-10)8-16-17-13/h2-8,18H,1H3,(H,16,17). The van der Waals surface area contributed by atoms with Crippen molar-refractivity contribution >= 4 is 42.5 Å². The van der Waals surface area contributed by atoms with Gasteiger partial charge in [-0.05, 0) is 52.3 Å². The Balaban J connectivity index is 1.93. The summed E-state index contributed by atoms with van der Waals surface area (Å²) in [5, 5.41) is 7.55. The summed E-state index contributed by atoms with van der Waals surface area (Å²) in [4.78, 5) is 0.146. The Labute approximate surface area is 135 Å². The van der Waals surface area contributed by atoms with E-state index in [0.29, 0.717) is 15.9 Å². The second kappa shape index (κ2) is 5.62. The van der Waals surface area contributed by atoms with Gasteiger partial charge >= 0.3 is 0 Å². The lowest BCUT2D eigenvalue weighted by Crippen LogP contribution is -2.12. The number of ether oxygens (including phenoxy) is 1. The molecular weight excluding hydrogens is 370 g/mol. The van der Waals surface area contributed by atoms with Crippen LogP contribution < -0.4 is 9.46 Å². The maximum atomic E-state index is 12.4. The molecule has 2 N–H and O–H groups in total. The number of methoxy groups -OCH3 is 1. The third-order valence-electron chi connectivity index (χ3n) is 3.13. The highest BCUT2D eigenvalue weighted by molar-refractivity contribution is 9.10. The molecule has 0 bridgehead atoms. The van der Waals surface area contributed by atoms with Crippen LogP contribution in [0.4, 0.5) is 5.69 Å². The molecule has 114 valence electrons. The van der Waals surface area contributed by atoms with Gasteiger partial charge in [-0.25, -0.2) is 8.42 Å². The fraction of sp³-hybridized carbons (Fsp3) is 0.0714. The van der Waals surface area contributed by atoms with Crippen LogP contribution in [0.3, 0.4) is 0 Å². The van der Waals surface area contributed by atoms with Gasteiger partial charge in [0.25, 0.3) is 10.0 Å². The van der Waals surface area contributed by atoms with Crippen molar-refractivity contribution in [2.75, 3.05) is 11.8 Å². The number of nitrogens with zero attached hydrogens (tertiary/aromatic N) is 1. The monoisotopic (exact) mass is 381 g/mol. The van der Waals surface area contributed by atoms with E-state index in [-0.39, 0.29) is 4.90 Å². The maximum absolute atomic E-state index is 12.4. The van der Waals surface area contributed by atoms with Crippen LogP contribution in [0, 0.1) is 0 Å². The summed E-state index contributed by atoms with van der Waals surface area (Å²) in [6.07, 6.45) is 1.64. The van der Waals surface area contributed by atoms with Crippen molar-refractivity contribution in [1.29, 1.82) is 0 Å². The largest absolute Gasteiger partial charge is 0.496 e. The molecule has 6 nitrogen and oxygen atoms in total. The van der Waals surface area contributed by atoms with Crippen molar-refractivity contribution in [3.63, 3.8) is 0 Å². The Kier molecular flexibility index (Phi) is 3.79. The molecule has 1 heterocycles. The van der Waals surface area contributed by atoms with Crippen LogP contribution in [-0.4, -0.2) is 25.7 Å². The number of sulfonamides is 1. The van der Waals surface area contributed by atoms with Gasteiger partial charge in [0, 0.05) is 11.1 Å². The third-order valence-corrected chi connectivity index (χ3v) is 5.12. The minimum absolute atomic E-state index is 0.146. The van der Waals surface area contributed by atoms with E-state index in [2.05, 4.69) is 30.8 Å². The highest BCUT2D eigenvalue weighted by atomic mass is 79.9. The lowest BCUT2D eigenvalue weighted by molar-refractivity contribution is 0.411. The molecule has 0 aliphatic carbocycles. The van der Waals surface area contributed by atoms with Crippen LogP contribution in [0.2, 0.25) is 0 Å². The van der Waals surface area contributed by atoms with Gasteiger partial charge in [0.05, 0.1) is 28.2 Å². The number of aromatic amines is 1. The average molecular weight is 382 g/mol. The van der Waals surface area contributed by atoms with E-state index < -0.39 is 10.0 Å². The summed E-state index contributed by atoms with van der Waals surface area (Å²) >= 11 is 3.28. The Morgan fingerprint density at radius 1 is 1.23 bits per heavy atom. The number of nitrogens with one attached hydrogen (secondary N) is 2. The van der Waals surface area contributed by atoms with E-state index in [9.17, 15) is 8.42 Å². The number of fused-ring (bicyclic) bond motifs is 1. The number of hydrogen-bond acceptors (Lipinski definition) is 4. The Bertz CT molecular complexity index is 937. The van der Waals surface area contributed by atoms with Gasteiger partial charge in [-0.1, -0.05) is 0 Å². The van der Waals surface area contributed by atoms with E-state index >= 15 is 0 Å². The van der Waals surface area contributed by atoms with Crippen molar-refractivity contribution in [2.45, 2.75) is 4.90 Å². The molecule has 8 heteroatoms. The van der Waals surface area contributed by atoms with Gasteiger partial charge in [0.2, 0.25) is 0 Å². The molecular formula is C14H12BrN3O3S. The van der Waals surface area contributed by atoms with Gasteiger partial charge in [-0.2, -0.15) is 5.10 Å². The highest BCUT2D eigenvalue weighted by Crippen LogP contribution is 2.28. The fourth-order valence-electron chi connectivity index (χ4n) is 2.03. The van der Waals surface area contributed by atoms with Crippen molar-refractivity contribution in [3.8, 4) is 5.75 Å². The first kappa shape index (κ1) is 14.9. The predicted molar refractivity (Wildman–Crippen MR) is 87.6 cm³/mol. The molecule has 0 unspecified atom stereocenters. The van der Waals surface area contributed by atoms with E-state index in [1.807, 2.05) is 0 Å². The zero-order chi connectivity index (χ0) is 15.7. The minimum atomic E-state index is -3.68. The molecule has 0 amide bonds. The quantitative estimate of drug-likeness (QED) is 0.726. The summed E-state index contributed by atoms with van der Waals surface area (Å²) < 4.78 is 33.1. The molecule has 22 heavy (non-hydrogen) atoms. The van der Waals surface area contributed by atoms with Crippen molar-refractivity contribution in [1.82, 2.24) is 10.2 Å². The molecule has 3 aromatic rings. The van der Waals surface area contributed by atoms with Gasteiger partial charge in [0.1, 0.15) is 5.75 Å². The van der Waals surface area contributed by atoms with Gasteiger partial charge < -0.3 is 4.74 Å². The van der Waals surface area contributed by atoms with E-state index in [4.69, 9.17) is 4.74 Å². The van der Waals surface area contributed by atoms with Crippen molar-refractivity contribution in [2.24, 2.45) is 0 Å².